The smallest absolute Gasteiger partial charge is 0.236 e. The number of carbonyl (C=O) groups excluding carboxylic acids is 1. The van der Waals surface area contributed by atoms with Crippen molar-refractivity contribution in [1.29, 1.82) is 0 Å². The summed E-state index contributed by atoms with van der Waals surface area (Å²) in [7, 11) is 0. The number of thiocarbonyl (C=S) groups is 1. The Morgan fingerprint density at radius 1 is 1.19 bits per heavy atom. The van der Waals surface area contributed by atoms with Crippen LogP contribution in [0.3, 0.4) is 0 Å². The summed E-state index contributed by atoms with van der Waals surface area (Å²) in [5.41, 5.74) is 6.72. The van der Waals surface area contributed by atoms with E-state index in [2.05, 4.69) is 13.8 Å². The second-order valence-corrected chi connectivity index (χ2v) is 5.78. The third kappa shape index (κ3) is 4.81. The summed E-state index contributed by atoms with van der Waals surface area (Å²) >= 11 is 5.14. The first kappa shape index (κ1) is 17.6. The van der Waals surface area contributed by atoms with Crippen LogP contribution in [-0.4, -0.2) is 28.9 Å². The fourth-order valence-corrected chi connectivity index (χ4v) is 2.73. The number of carbonyl (C=O) groups is 1. The maximum Gasteiger partial charge on any atom is 0.236 e. The van der Waals surface area contributed by atoms with Gasteiger partial charge in [-0.15, -0.1) is 0 Å². The largest absolute Gasteiger partial charge is 0.392 e. The van der Waals surface area contributed by atoms with Crippen LogP contribution < -0.4 is 5.73 Å². The highest BCUT2D eigenvalue weighted by atomic mass is 32.1. The van der Waals surface area contributed by atoms with Crippen molar-refractivity contribution in [2.45, 2.75) is 39.5 Å². The summed E-state index contributed by atoms with van der Waals surface area (Å²) in [6.07, 6.45) is 2.15. The van der Waals surface area contributed by atoms with Crippen molar-refractivity contribution in [3.8, 4) is 0 Å². The predicted molar refractivity (Wildman–Crippen MR) is 92.3 cm³/mol. The van der Waals surface area contributed by atoms with E-state index < -0.39 is 5.92 Å². The third-order valence-electron chi connectivity index (χ3n) is 3.99. The predicted octanol–water partition coefficient (Wildman–Crippen LogP) is 3.34. The summed E-state index contributed by atoms with van der Waals surface area (Å²) < 4.78 is 0. The minimum atomic E-state index is -0.518. The van der Waals surface area contributed by atoms with Gasteiger partial charge in [0.15, 0.2) is 0 Å². The van der Waals surface area contributed by atoms with Crippen molar-refractivity contribution in [3.05, 3.63) is 35.9 Å². The first-order valence-corrected chi connectivity index (χ1v) is 8.08. The molecule has 1 atom stereocenters. The van der Waals surface area contributed by atoms with Crippen molar-refractivity contribution in [1.82, 2.24) is 4.90 Å². The van der Waals surface area contributed by atoms with Crippen molar-refractivity contribution in [2.24, 2.45) is 11.7 Å². The standard InChI is InChI=1S/C17H26N2OS/c1-4-13(5-2)12-19(6-3)17(20)15(16(18)21)14-10-8-7-9-11-14/h7-11,13,15H,4-6,12H2,1-3H3,(H2,18,21). The molecule has 0 aliphatic heterocycles. The van der Waals surface area contributed by atoms with Gasteiger partial charge < -0.3 is 10.6 Å². The van der Waals surface area contributed by atoms with Gasteiger partial charge in [-0.05, 0) is 18.4 Å². The second kappa shape index (κ2) is 8.78. The molecule has 0 heterocycles. The lowest BCUT2D eigenvalue weighted by molar-refractivity contribution is -0.131. The molecule has 3 nitrogen and oxygen atoms in total. The molecule has 1 amide bonds. The van der Waals surface area contributed by atoms with Gasteiger partial charge in [-0.3, -0.25) is 4.79 Å². The molecular weight excluding hydrogens is 280 g/mol. The SMILES string of the molecule is CCC(CC)CN(CC)C(=O)C(C(N)=S)c1ccccc1. The fraction of sp³-hybridized carbons (Fsp3) is 0.529. The van der Waals surface area contributed by atoms with Crippen LogP contribution in [-0.2, 0) is 4.79 Å². The summed E-state index contributed by atoms with van der Waals surface area (Å²) in [6, 6.07) is 9.56. The Balaban J connectivity index is 2.96. The van der Waals surface area contributed by atoms with Crippen LogP contribution in [0.15, 0.2) is 30.3 Å². The number of amides is 1. The summed E-state index contributed by atoms with van der Waals surface area (Å²) in [5, 5.41) is 0. The third-order valence-corrected chi connectivity index (χ3v) is 4.23. The molecule has 1 aromatic rings. The molecule has 1 unspecified atom stereocenters. The highest BCUT2D eigenvalue weighted by Crippen LogP contribution is 2.21. The van der Waals surface area contributed by atoms with Gasteiger partial charge in [-0.2, -0.15) is 0 Å². The molecule has 116 valence electrons. The van der Waals surface area contributed by atoms with Gasteiger partial charge in [0.2, 0.25) is 5.91 Å². The Hall–Kier alpha value is -1.42. The van der Waals surface area contributed by atoms with E-state index >= 15 is 0 Å². The van der Waals surface area contributed by atoms with E-state index in [-0.39, 0.29) is 10.9 Å². The van der Waals surface area contributed by atoms with Crippen LogP contribution in [0.1, 0.15) is 45.1 Å². The van der Waals surface area contributed by atoms with Crippen molar-refractivity contribution in [2.75, 3.05) is 13.1 Å². The zero-order valence-corrected chi connectivity index (χ0v) is 14.0. The Morgan fingerprint density at radius 3 is 2.19 bits per heavy atom. The molecular formula is C17H26N2OS. The maximum absolute atomic E-state index is 12.8. The van der Waals surface area contributed by atoms with Gasteiger partial charge in [0.1, 0.15) is 5.92 Å². The topological polar surface area (TPSA) is 46.3 Å². The van der Waals surface area contributed by atoms with Gasteiger partial charge >= 0.3 is 0 Å². The highest BCUT2D eigenvalue weighted by Gasteiger charge is 2.28. The fourth-order valence-electron chi connectivity index (χ4n) is 2.49. The molecule has 21 heavy (non-hydrogen) atoms. The summed E-state index contributed by atoms with van der Waals surface area (Å²) in [5.74, 6) is 0.0234. The van der Waals surface area contributed by atoms with E-state index in [1.165, 1.54) is 0 Å². The van der Waals surface area contributed by atoms with Crippen molar-refractivity contribution in [3.63, 3.8) is 0 Å². The number of hydrogen-bond donors (Lipinski definition) is 1. The lowest BCUT2D eigenvalue weighted by Gasteiger charge is -2.29. The molecule has 0 bridgehead atoms. The molecule has 1 aromatic carbocycles. The zero-order chi connectivity index (χ0) is 15.8. The van der Waals surface area contributed by atoms with Gasteiger partial charge in [0, 0.05) is 13.1 Å². The number of benzene rings is 1. The van der Waals surface area contributed by atoms with E-state index in [1.54, 1.807) is 0 Å². The molecule has 0 radical (unpaired) electrons. The lowest BCUT2D eigenvalue weighted by Crippen LogP contribution is -2.42. The highest BCUT2D eigenvalue weighted by molar-refractivity contribution is 7.80. The normalized spacial score (nSPS) is 12.2. The first-order chi connectivity index (χ1) is 10.0. The van der Waals surface area contributed by atoms with E-state index in [1.807, 2.05) is 42.2 Å². The number of hydrogen-bond acceptors (Lipinski definition) is 2. The average Bonchev–Trinajstić information content (AvgIpc) is 2.49. The Morgan fingerprint density at radius 2 is 1.76 bits per heavy atom. The molecule has 4 heteroatoms. The molecule has 0 aromatic heterocycles. The minimum absolute atomic E-state index is 0.0168. The van der Waals surface area contributed by atoms with Crippen molar-refractivity contribution < 1.29 is 4.79 Å². The van der Waals surface area contributed by atoms with Crippen LogP contribution in [0.2, 0.25) is 0 Å². The molecule has 0 fully saturated rings. The van der Waals surface area contributed by atoms with E-state index in [9.17, 15) is 4.79 Å². The first-order valence-electron chi connectivity index (χ1n) is 7.68. The van der Waals surface area contributed by atoms with Crippen molar-refractivity contribution >= 4 is 23.1 Å². The monoisotopic (exact) mass is 306 g/mol. The van der Waals surface area contributed by atoms with Crippen LogP contribution in [0.4, 0.5) is 0 Å². The van der Waals surface area contributed by atoms with Crippen LogP contribution in [0, 0.1) is 5.92 Å². The molecule has 0 saturated heterocycles. The molecule has 0 spiro atoms. The lowest BCUT2D eigenvalue weighted by atomic mass is 9.96. The maximum atomic E-state index is 12.8. The minimum Gasteiger partial charge on any atom is -0.392 e. The van der Waals surface area contributed by atoms with Crippen LogP contribution >= 0.6 is 12.2 Å². The van der Waals surface area contributed by atoms with Gasteiger partial charge in [-0.1, -0.05) is 69.2 Å². The quantitative estimate of drug-likeness (QED) is 0.749. The van der Waals surface area contributed by atoms with E-state index in [0.29, 0.717) is 12.5 Å². The Labute approximate surface area is 133 Å². The number of rotatable bonds is 8. The number of nitrogens with zero attached hydrogens (tertiary/aromatic N) is 1. The Kier molecular flexibility index (Phi) is 7.37. The molecule has 2 N–H and O–H groups in total. The second-order valence-electron chi connectivity index (χ2n) is 5.31. The van der Waals surface area contributed by atoms with Gasteiger partial charge in [0.05, 0.1) is 4.99 Å². The van der Waals surface area contributed by atoms with Crippen LogP contribution in [0.25, 0.3) is 0 Å². The summed E-state index contributed by atoms with van der Waals surface area (Å²) in [4.78, 5) is 15.0. The molecule has 0 aliphatic rings. The van der Waals surface area contributed by atoms with Gasteiger partial charge in [-0.25, -0.2) is 0 Å². The molecule has 1 rings (SSSR count). The van der Waals surface area contributed by atoms with Crippen LogP contribution in [0.5, 0.6) is 0 Å². The molecule has 0 aliphatic carbocycles. The van der Waals surface area contributed by atoms with E-state index in [0.717, 1.165) is 24.9 Å². The average molecular weight is 306 g/mol. The zero-order valence-electron chi connectivity index (χ0n) is 13.2. The number of nitrogens with two attached hydrogens (primary N) is 1. The van der Waals surface area contributed by atoms with Gasteiger partial charge in [0.25, 0.3) is 0 Å². The molecule has 0 saturated carbocycles. The van der Waals surface area contributed by atoms with E-state index in [4.69, 9.17) is 18.0 Å². The Bertz CT molecular complexity index is 457. The number of likely N-dealkylation sites (N-methyl/N-ethyl adjacent to an activating group) is 1. The summed E-state index contributed by atoms with van der Waals surface area (Å²) in [6.45, 7) is 7.78.